The van der Waals surface area contributed by atoms with Gasteiger partial charge < -0.3 is 14.6 Å². The van der Waals surface area contributed by atoms with Gasteiger partial charge >= 0.3 is 0 Å². The molecule has 1 N–H and O–H groups in total. The Morgan fingerprint density at radius 2 is 1.87 bits per heavy atom. The molecule has 1 aromatic heterocycles. The fraction of sp³-hybridized carbons (Fsp3) is 0.286. The second kappa shape index (κ2) is 8.49. The van der Waals surface area contributed by atoms with Crippen molar-refractivity contribution in [2.24, 2.45) is 0 Å². The van der Waals surface area contributed by atoms with Crippen LogP contribution in [0.5, 0.6) is 5.75 Å². The van der Waals surface area contributed by atoms with Gasteiger partial charge in [-0.2, -0.15) is 4.31 Å². The van der Waals surface area contributed by atoms with Crippen molar-refractivity contribution in [2.75, 3.05) is 32.8 Å². The average Bonchev–Trinajstić information content (AvgIpc) is 3.19. The largest absolute Gasteiger partial charge is 0.494 e. The Hall–Kier alpha value is -2.62. The molecule has 0 spiro atoms. The molecule has 4 rings (SSSR count). The van der Waals surface area contributed by atoms with Crippen LogP contribution in [0.3, 0.4) is 0 Å². The second-order valence-corrected chi connectivity index (χ2v) is 9.48. The minimum Gasteiger partial charge on any atom is -0.494 e. The molecule has 0 aliphatic carbocycles. The lowest BCUT2D eigenvalue weighted by molar-refractivity contribution is 0.0693. The number of ether oxygens (including phenoxy) is 1. The average molecular weight is 466 g/mol. The van der Waals surface area contributed by atoms with E-state index in [9.17, 15) is 17.6 Å². The van der Waals surface area contributed by atoms with Gasteiger partial charge in [0, 0.05) is 43.1 Å². The lowest BCUT2D eigenvalue weighted by Crippen LogP contribution is -2.50. The normalized spacial score (nSPS) is 15.4. The van der Waals surface area contributed by atoms with E-state index in [0.29, 0.717) is 12.3 Å². The summed E-state index contributed by atoms with van der Waals surface area (Å²) < 4.78 is 45.8. The van der Waals surface area contributed by atoms with Crippen molar-refractivity contribution < 1.29 is 22.3 Å². The molecule has 10 heteroatoms. The maximum absolute atomic E-state index is 13.4. The number of piperazine rings is 1. The van der Waals surface area contributed by atoms with Crippen LogP contribution in [0.15, 0.2) is 47.4 Å². The molecule has 1 saturated heterocycles. The fourth-order valence-corrected chi connectivity index (χ4v) is 5.26. The third-order valence-corrected chi connectivity index (χ3v) is 7.37. The minimum absolute atomic E-state index is 0.0700. The lowest BCUT2D eigenvalue weighted by atomic mass is 10.2. The molecule has 0 bridgehead atoms. The number of carbonyl (C=O) groups is 1. The maximum Gasteiger partial charge on any atom is 0.270 e. The molecule has 0 saturated carbocycles. The molecule has 2 heterocycles. The monoisotopic (exact) mass is 465 g/mol. The Morgan fingerprint density at radius 3 is 2.55 bits per heavy atom. The number of amides is 1. The second-order valence-electron chi connectivity index (χ2n) is 7.14. The van der Waals surface area contributed by atoms with Gasteiger partial charge in [-0.15, -0.1) is 0 Å². The van der Waals surface area contributed by atoms with Crippen LogP contribution in [0.1, 0.15) is 17.4 Å². The first kappa shape index (κ1) is 21.6. The van der Waals surface area contributed by atoms with Crippen LogP contribution in [-0.2, 0) is 10.0 Å². The van der Waals surface area contributed by atoms with E-state index in [1.54, 1.807) is 11.0 Å². The molecule has 0 atom stereocenters. The van der Waals surface area contributed by atoms with Crippen LogP contribution >= 0.6 is 11.6 Å². The number of aromatic amines is 1. The molecule has 7 nitrogen and oxygen atoms in total. The fourth-order valence-electron chi connectivity index (χ4n) is 3.57. The molecule has 2 aromatic carbocycles. The van der Waals surface area contributed by atoms with E-state index in [1.165, 1.54) is 10.4 Å². The summed E-state index contributed by atoms with van der Waals surface area (Å²) in [7, 11) is -3.82. The predicted octanol–water partition coefficient (Wildman–Crippen LogP) is 3.51. The first-order chi connectivity index (χ1) is 14.8. The molecule has 1 aliphatic rings. The number of aromatic nitrogens is 1. The number of rotatable bonds is 5. The Balaban J connectivity index is 1.46. The number of benzene rings is 2. The molecular formula is C21H21ClFN3O4S. The third kappa shape index (κ3) is 4.26. The van der Waals surface area contributed by atoms with Crippen molar-refractivity contribution in [3.63, 3.8) is 0 Å². The highest BCUT2D eigenvalue weighted by Gasteiger charge is 2.31. The highest BCUT2D eigenvalue weighted by atomic mass is 35.5. The summed E-state index contributed by atoms with van der Waals surface area (Å²) in [6.07, 6.45) is 0. The Labute approximate surface area is 184 Å². The summed E-state index contributed by atoms with van der Waals surface area (Å²) in [6, 6.07) is 10.7. The first-order valence-corrected chi connectivity index (χ1v) is 11.6. The van der Waals surface area contributed by atoms with E-state index < -0.39 is 15.8 Å². The van der Waals surface area contributed by atoms with Gasteiger partial charge in [0.05, 0.1) is 16.5 Å². The lowest BCUT2D eigenvalue weighted by Gasteiger charge is -2.33. The van der Waals surface area contributed by atoms with Crippen LogP contribution in [0.4, 0.5) is 4.39 Å². The van der Waals surface area contributed by atoms with Gasteiger partial charge in [0.1, 0.15) is 17.3 Å². The van der Waals surface area contributed by atoms with Crippen molar-refractivity contribution in [1.82, 2.24) is 14.2 Å². The summed E-state index contributed by atoms with van der Waals surface area (Å²) in [5.41, 5.74) is 1.23. The highest BCUT2D eigenvalue weighted by molar-refractivity contribution is 7.89. The van der Waals surface area contributed by atoms with Crippen LogP contribution in [0, 0.1) is 5.82 Å². The van der Waals surface area contributed by atoms with Crippen LogP contribution in [0.25, 0.3) is 10.9 Å². The van der Waals surface area contributed by atoms with Crippen molar-refractivity contribution in [3.8, 4) is 5.75 Å². The number of hydrogen-bond donors (Lipinski definition) is 1. The van der Waals surface area contributed by atoms with Crippen LogP contribution < -0.4 is 4.74 Å². The topological polar surface area (TPSA) is 82.7 Å². The quantitative estimate of drug-likeness (QED) is 0.625. The molecule has 31 heavy (non-hydrogen) atoms. The number of nitrogens with one attached hydrogen (secondary N) is 1. The van der Waals surface area contributed by atoms with E-state index in [2.05, 4.69) is 4.98 Å². The van der Waals surface area contributed by atoms with E-state index in [1.807, 2.05) is 25.1 Å². The van der Waals surface area contributed by atoms with Gasteiger partial charge in [-0.25, -0.2) is 12.8 Å². The minimum atomic E-state index is -3.82. The van der Waals surface area contributed by atoms with Crippen molar-refractivity contribution in [2.45, 2.75) is 11.8 Å². The van der Waals surface area contributed by atoms with E-state index >= 15 is 0 Å². The van der Waals surface area contributed by atoms with E-state index in [4.69, 9.17) is 16.3 Å². The van der Waals surface area contributed by atoms with Crippen molar-refractivity contribution in [3.05, 3.63) is 59.0 Å². The summed E-state index contributed by atoms with van der Waals surface area (Å²) in [5.74, 6) is -0.158. The zero-order valence-electron chi connectivity index (χ0n) is 16.8. The highest BCUT2D eigenvalue weighted by Crippen LogP contribution is 2.25. The standard InChI is InChI=1S/C21H21ClFN3O4S/c1-2-30-15-4-3-14-11-20(24-19(14)12-15)21(27)25-7-9-26(10-8-25)31(28,29)16-5-6-18(23)17(22)13-16/h3-6,11-13,24H,2,7-10H2,1H3. The smallest absolute Gasteiger partial charge is 0.270 e. The number of halogens is 2. The summed E-state index contributed by atoms with van der Waals surface area (Å²) >= 11 is 5.73. The molecule has 164 valence electrons. The van der Waals surface area contributed by atoms with Gasteiger partial charge in [-0.1, -0.05) is 11.6 Å². The Bertz CT molecular complexity index is 1240. The number of sulfonamides is 1. The number of fused-ring (bicyclic) bond motifs is 1. The zero-order chi connectivity index (χ0) is 22.2. The van der Waals surface area contributed by atoms with Gasteiger partial charge in [0.25, 0.3) is 5.91 Å². The Kier molecular flexibility index (Phi) is 5.92. The number of H-pyrrole nitrogens is 1. The third-order valence-electron chi connectivity index (χ3n) is 5.19. The molecule has 0 radical (unpaired) electrons. The zero-order valence-corrected chi connectivity index (χ0v) is 18.3. The SMILES string of the molecule is CCOc1ccc2cc(C(=O)N3CCN(S(=O)(=O)c4ccc(F)c(Cl)c4)CC3)[nH]c2c1. The predicted molar refractivity (Wildman–Crippen MR) is 116 cm³/mol. The maximum atomic E-state index is 13.4. The molecule has 0 unspecified atom stereocenters. The van der Waals surface area contributed by atoms with E-state index in [0.717, 1.165) is 28.8 Å². The van der Waals surface area contributed by atoms with E-state index in [-0.39, 0.29) is 42.0 Å². The van der Waals surface area contributed by atoms with Crippen molar-refractivity contribution in [1.29, 1.82) is 0 Å². The van der Waals surface area contributed by atoms with Gasteiger partial charge in [0.2, 0.25) is 10.0 Å². The molecule has 1 fully saturated rings. The first-order valence-electron chi connectivity index (χ1n) is 9.79. The molecule has 3 aromatic rings. The number of nitrogens with zero attached hydrogens (tertiary/aromatic N) is 2. The number of hydrogen-bond acceptors (Lipinski definition) is 4. The Morgan fingerprint density at radius 1 is 1.13 bits per heavy atom. The van der Waals surface area contributed by atoms with Crippen LogP contribution in [0.2, 0.25) is 5.02 Å². The van der Waals surface area contributed by atoms with Crippen molar-refractivity contribution >= 4 is 38.4 Å². The molecular weight excluding hydrogens is 445 g/mol. The van der Waals surface area contributed by atoms with Gasteiger partial charge in [-0.3, -0.25) is 4.79 Å². The summed E-state index contributed by atoms with van der Waals surface area (Å²) in [5, 5.41) is 0.641. The van der Waals surface area contributed by atoms with Gasteiger partial charge in [-0.05, 0) is 43.3 Å². The summed E-state index contributed by atoms with van der Waals surface area (Å²) in [4.78, 5) is 17.6. The summed E-state index contributed by atoms with van der Waals surface area (Å²) in [6.45, 7) is 3.21. The molecule has 1 amide bonds. The van der Waals surface area contributed by atoms with Gasteiger partial charge in [0.15, 0.2) is 0 Å². The van der Waals surface area contributed by atoms with Crippen LogP contribution in [-0.4, -0.2) is 61.3 Å². The number of carbonyl (C=O) groups excluding carboxylic acids is 1. The molecule has 1 aliphatic heterocycles.